The summed E-state index contributed by atoms with van der Waals surface area (Å²) in [5.74, 6) is 0. The summed E-state index contributed by atoms with van der Waals surface area (Å²) < 4.78 is 2.65. The fourth-order valence-corrected chi connectivity index (χ4v) is 7.86. The third-order valence-electron chi connectivity index (χ3n) is 8.64. The summed E-state index contributed by atoms with van der Waals surface area (Å²) in [7, 11) is 0. The Hall–Kier alpha value is -4.66. The van der Waals surface area contributed by atoms with Crippen molar-refractivity contribution in [2.45, 2.75) is 19.3 Å². The highest BCUT2D eigenvalue weighted by atomic mass is 32.1. The molecule has 41 heavy (non-hydrogen) atoms. The van der Waals surface area contributed by atoms with Gasteiger partial charge in [0.2, 0.25) is 0 Å². The van der Waals surface area contributed by atoms with Gasteiger partial charge in [0, 0.05) is 42.5 Å². The average molecular weight is 544 g/mol. The van der Waals surface area contributed by atoms with Crippen LogP contribution in [0.15, 0.2) is 140 Å². The van der Waals surface area contributed by atoms with E-state index in [9.17, 15) is 0 Å². The van der Waals surface area contributed by atoms with Crippen molar-refractivity contribution in [3.8, 4) is 22.3 Å². The minimum Gasteiger partial charge on any atom is -0.309 e. The molecule has 0 atom stereocenters. The maximum absolute atomic E-state index is 2.48. The highest BCUT2D eigenvalue weighted by molar-refractivity contribution is 7.26. The van der Waals surface area contributed by atoms with Gasteiger partial charge < -0.3 is 4.90 Å². The molecule has 196 valence electrons. The highest BCUT2D eigenvalue weighted by Crippen LogP contribution is 2.58. The topological polar surface area (TPSA) is 3.24 Å². The molecule has 0 amide bonds. The van der Waals surface area contributed by atoms with Crippen LogP contribution in [0.5, 0.6) is 0 Å². The number of benzene rings is 6. The molecule has 0 fully saturated rings. The van der Waals surface area contributed by atoms with Gasteiger partial charge in [-0.05, 0) is 64.2 Å². The van der Waals surface area contributed by atoms with E-state index in [1.54, 1.807) is 0 Å². The minimum absolute atomic E-state index is 0.0979. The average Bonchev–Trinajstić information content (AvgIpc) is 3.50. The molecule has 0 saturated heterocycles. The third-order valence-corrected chi connectivity index (χ3v) is 9.74. The van der Waals surface area contributed by atoms with Crippen molar-refractivity contribution in [1.29, 1.82) is 0 Å². The van der Waals surface area contributed by atoms with Gasteiger partial charge >= 0.3 is 0 Å². The standard InChI is InChI=1S/C39H29NS/c1-39(2)32-21-13-12-20-30(32)36-33(39)25-35-37(31-23-22-27(24-34(31)41-35)26-14-6-3-7-15-26)38(36)40(28-16-8-4-9-17-28)29-18-10-5-11-19-29/h3-25H,1-2H3. The summed E-state index contributed by atoms with van der Waals surface area (Å²) >= 11 is 1.91. The molecule has 0 N–H and O–H groups in total. The van der Waals surface area contributed by atoms with Crippen molar-refractivity contribution >= 4 is 48.6 Å². The number of para-hydroxylation sites is 2. The van der Waals surface area contributed by atoms with Crippen molar-refractivity contribution in [2.75, 3.05) is 4.90 Å². The first kappa shape index (κ1) is 24.2. The first-order chi connectivity index (χ1) is 20.1. The number of fused-ring (bicyclic) bond motifs is 6. The van der Waals surface area contributed by atoms with Crippen molar-refractivity contribution in [3.63, 3.8) is 0 Å². The number of thiophene rings is 1. The lowest BCUT2D eigenvalue weighted by molar-refractivity contribution is 0.661. The summed E-state index contributed by atoms with van der Waals surface area (Å²) in [4.78, 5) is 2.48. The van der Waals surface area contributed by atoms with Gasteiger partial charge in [-0.15, -0.1) is 11.3 Å². The van der Waals surface area contributed by atoms with Crippen molar-refractivity contribution in [2.24, 2.45) is 0 Å². The van der Waals surface area contributed by atoms with E-state index >= 15 is 0 Å². The summed E-state index contributed by atoms with van der Waals surface area (Å²) in [5, 5.41) is 2.63. The summed E-state index contributed by atoms with van der Waals surface area (Å²) in [5.41, 5.74) is 11.5. The van der Waals surface area contributed by atoms with Crippen molar-refractivity contribution in [3.05, 3.63) is 151 Å². The van der Waals surface area contributed by atoms with E-state index in [1.165, 1.54) is 59.2 Å². The van der Waals surface area contributed by atoms with E-state index in [1.807, 2.05) is 11.3 Å². The van der Waals surface area contributed by atoms with Gasteiger partial charge in [-0.1, -0.05) is 117 Å². The molecular weight excluding hydrogens is 515 g/mol. The Kier molecular flexibility index (Phi) is 5.42. The molecule has 0 bridgehead atoms. The second-order valence-electron chi connectivity index (χ2n) is 11.4. The number of anilines is 3. The van der Waals surface area contributed by atoms with Gasteiger partial charge in [0.25, 0.3) is 0 Å². The molecule has 7 aromatic rings. The van der Waals surface area contributed by atoms with Gasteiger partial charge in [0.1, 0.15) is 0 Å². The number of hydrogen-bond acceptors (Lipinski definition) is 2. The quantitative estimate of drug-likeness (QED) is 0.213. The van der Waals surface area contributed by atoms with Crippen LogP contribution < -0.4 is 4.90 Å². The zero-order valence-electron chi connectivity index (χ0n) is 23.1. The van der Waals surface area contributed by atoms with Gasteiger partial charge in [-0.3, -0.25) is 0 Å². The molecule has 0 radical (unpaired) electrons. The predicted octanol–water partition coefficient (Wildman–Crippen LogP) is 11.5. The Morgan fingerprint density at radius 1 is 0.537 bits per heavy atom. The van der Waals surface area contributed by atoms with Crippen LogP contribution in [0.2, 0.25) is 0 Å². The number of nitrogens with zero attached hydrogens (tertiary/aromatic N) is 1. The van der Waals surface area contributed by atoms with Gasteiger partial charge in [0.05, 0.1) is 5.69 Å². The molecule has 0 spiro atoms. The highest BCUT2D eigenvalue weighted by Gasteiger charge is 2.39. The monoisotopic (exact) mass is 543 g/mol. The molecule has 8 rings (SSSR count). The Morgan fingerprint density at radius 3 is 1.83 bits per heavy atom. The maximum Gasteiger partial charge on any atom is 0.0636 e. The number of rotatable bonds is 4. The molecule has 1 aliphatic carbocycles. The van der Waals surface area contributed by atoms with E-state index in [0.717, 1.165) is 11.4 Å². The predicted molar refractivity (Wildman–Crippen MR) is 177 cm³/mol. The fraction of sp³-hybridized carbons (Fsp3) is 0.0769. The summed E-state index contributed by atoms with van der Waals surface area (Å²) in [6.07, 6.45) is 0. The fourth-order valence-electron chi connectivity index (χ4n) is 6.67. The van der Waals surface area contributed by atoms with Crippen LogP contribution in [0.4, 0.5) is 17.1 Å². The van der Waals surface area contributed by atoms with Gasteiger partial charge in [-0.2, -0.15) is 0 Å². The largest absolute Gasteiger partial charge is 0.309 e. The van der Waals surface area contributed by atoms with Crippen LogP contribution in [0, 0.1) is 0 Å². The Labute approximate surface area is 245 Å². The first-order valence-corrected chi connectivity index (χ1v) is 15.0. The molecule has 1 nitrogen and oxygen atoms in total. The molecule has 0 unspecified atom stereocenters. The van der Waals surface area contributed by atoms with Crippen LogP contribution in [0.3, 0.4) is 0 Å². The van der Waals surface area contributed by atoms with Crippen LogP contribution in [-0.4, -0.2) is 0 Å². The van der Waals surface area contributed by atoms with Crippen LogP contribution in [0.1, 0.15) is 25.0 Å². The lowest BCUT2D eigenvalue weighted by Crippen LogP contribution is -2.16. The van der Waals surface area contributed by atoms with Gasteiger partial charge in [0.15, 0.2) is 0 Å². The zero-order valence-corrected chi connectivity index (χ0v) is 24.0. The summed E-state index contributed by atoms with van der Waals surface area (Å²) in [6, 6.07) is 50.8. The molecule has 1 aliphatic rings. The molecule has 1 aromatic heterocycles. The van der Waals surface area contributed by atoms with Crippen molar-refractivity contribution < 1.29 is 0 Å². The first-order valence-electron chi connectivity index (χ1n) is 14.2. The minimum atomic E-state index is -0.0979. The second kappa shape index (κ2) is 9.19. The SMILES string of the molecule is CC1(C)c2ccccc2-c2c1cc1sc3cc(-c4ccccc4)ccc3c1c2N(c1ccccc1)c1ccccc1. The molecule has 0 aliphatic heterocycles. The lowest BCUT2D eigenvalue weighted by Gasteiger charge is -2.30. The Morgan fingerprint density at radius 2 is 1.15 bits per heavy atom. The Balaban J connectivity index is 1.53. The third kappa shape index (κ3) is 3.68. The van der Waals surface area contributed by atoms with Crippen LogP contribution >= 0.6 is 11.3 Å². The lowest BCUT2D eigenvalue weighted by atomic mass is 9.82. The smallest absolute Gasteiger partial charge is 0.0636 e. The van der Waals surface area contributed by atoms with E-state index in [-0.39, 0.29) is 5.41 Å². The van der Waals surface area contributed by atoms with E-state index in [2.05, 4.69) is 158 Å². The second-order valence-corrected chi connectivity index (χ2v) is 12.5. The molecule has 2 heteroatoms. The van der Waals surface area contributed by atoms with Crippen molar-refractivity contribution in [1.82, 2.24) is 0 Å². The van der Waals surface area contributed by atoms with Crippen LogP contribution in [-0.2, 0) is 5.41 Å². The van der Waals surface area contributed by atoms with Gasteiger partial charge in [-0.25, -0.2) is 0 Å². The molecular formula is C39H29NS. The van der Waals surface area contributed by atoms with E-state index in [4.69, 9.17) is 0 Å². The van der Waals surface area contributed by atoms with E-state index < -0.39 is 0 Å². The normalized spacial score (nSPS) is 13.3. The summed E-state index contributed by atoms with van der Waals surface area (Å²) in [6.45, 7) is 4.76. The molecule has 6 aromatic carbocycles. The molecule has 0 saturated carbocycles. The maximum atomic E-state index is 2.48. The Bertz CT molecular complexity index is 2010. The van der Waals surface area contributed by atoms with Crippen LogP contribution in [0.25, 0.3) is 42.4 Å². The number of hydrogen-bond donors (Lipinski definition) is 0. The van der Waals surface area contributed by atoms with E-state index in [0.29, 0.717) is 0 Å². The molecule has 1 heterocycles. The zero-order chi connectivity index (χ0) is 27.6.